The van der Waals surface area contributed by atoms with E-state index in [0.717, 1.165) is 0 Å². The molecule has 6 heteroatoms. The SMILES string of the molecule is CC(CNC(=O)c1cccc(Br)n1)S(C)=O. The third-order valence-electron chi connectivity index (χ3n) is 2.06. The van der Waals surface area contributed by atoms with Crippen molar-refractivity contribution in [2.75, 3.05) is 12.8 Å². The second kappa shape index (κ2) is 6.10. The summed E-state index contributed by atoms with van der Waals surface area (Å²) in [5.41, 5.74) is 0.350. The average Bonchev–Trinajstić information content (AvgIpc) is 2.25. The van der Waals surface area contributed by atoms with E-state index in [1.54, 1.807) is 24.5 Å². The number of hydrogen-bond acceptors (Lipinski definition) is 3. The summed E-state index contributed by atoms with van der Waals surface area (Å²) in [6.07, 6.45) is 1.62. The summed E-state index contributed by atoms with van der Waals surface area (Å²) in [4.78, 5) is 15.7. The van der Waals surface area contributed by atoms with Crippen molar-refractivity contribution < 1.29 is 9.00 Å². The van der Waals surface area contributed by atoms with Crippen molar-refractivity contribution in [1.29, 1.82) is 0 Å². The molecular formula is C10H13BrN2O2S. The molecule has 0 aromatic carbocycles. The summed E-state index contributed by atoms with van der Waals surface area (Å²) in [5, 5.41) is 2.63. The molecule has 0 aliphatic carbocycles. The number of hydrogen-bond donors (Lipinski definition) is 1. The van der Waals surface area contributed by atoms with Gasteiger partial charge in [0.15, 0.2) is 0 Å². The zero-order chi connectivity index (χ0) is 12.1. The Labute approximate surface area is 105 Å². The molecule has 1 aromatic rings. The van der Waals surface area contributed by atoms with Crippen LogP contribution in [0.3, 0.4) is 0 Å². The molecule has 88 valence electrons. The van der Waals surface area contributed by atoms with Gasteiger partial charge in [0.2, 0.25) is 0 Å². The minimum Gasteiger partial charge on any atom is -0.350 e. The van der Waals surface area contributed by atoms with E-state index in [1.807, 2.05) is 6.92 Å². The molecule has 2 unspecified atom stereocenters. The predicted molar refractivity (Wildman–Crippen MR) is 67.8 cm³/mol. The van der Waals surface area contributed by atoms with Gasteiger partial charge in [-0.05, 0) is 35.0 Å². The maximum absolute atomic E-state index is 11.6. The molecule has 1 heterocycles. The van der Waals surface area contributed by atoms with Crippen LogP contribution in [-0.4, -0.2) is 33.2 Å². The molecule has 0 saturated carbocycles. The molecule has 0 radical (unpaired) electrons. The lowest BCUT2D eigenvalue weighted by molar-refractivity contribution is 0.0949. The molecule has 0 bridgehead atoms. The predicted octanol–water partition coefficient (Wildman–Crippen LogP) is 1.34. The number of nitrogens with zero attached hydrogens (tertiary/aromatic N) is 1. The first-order valence-corrected chi connectivity index (χ1v) is 7.15. The van der Waals surface area contributed by atoms with Gasteiger partial charge in [0.25, 0.3) is 5.91 Å². The van der Waals surface area contributed by atoms with Gasteiger partial charge in [-0.15, -0.1) is 0 Å². The van der Waals surface area contributed by atoms with E-state index in [-0.39, 0.29) is 11.2 Å². The lowest BCUT2D eigenvalue weighted by atomic mass is 10.3. The fourth-order valence-electron chi connectivity index (χ4n) is 0.979. The van der Waals surface area contributed by atoms with Gasteiger partial charge in [-0.2, -0.15) is 0 Å². The lowest BCUT2D eigenvalue weighted by Gasteiger charge is -2.09. The third-order valence-corrected chi connectivity index (χ3v) is 3.81. The van der Waals surface area contributed by atoms with E-state index < -0.39 is 10.8 Å². The average molecular weight is 305 g/mol. The van der Waals surface area contributed by atoms with Crippen LogP contribution in [0.25, 0.3) is 0 Å². The Kier molecular flexibility index (Phi) is 5.08. The molecule has 0 aliphatic rings. The molecule has 1 aromatic heterocycles. The molecule has 1 rings (SSSR count). The van der Waals surface area contributed by atoms with Crippen LogP contribution >= 0.6 is 15.9 Å². The number of carbonyl (C=O) groups is 1. The number of amides is 1. The van der Waals surface area contributed by atoms with E-state index in [2.05, 4.69) is 26.2 Å². The minimum absolute atomic E-state index is 0.0592. The number of nitrogens with one attached hydrogen (secondary N) is 1. The van der Waals surface area contributed by atoms with Gasteiger partial charge in [-0.3, -0.25) is 9.00 Å². The summed E-state index contributed by atoms with van der Waals surface area (Å²) in [6, 6.07) is 5.13. The topological polar surface area (TPSA) is 59.1 Å². The maximum Gasteiger partial charge on any atom is 0.269 e. The number of pyridine rings is 1. The first kappa shape index (κ1) is 13.3. The highest BCUT2D eigenvalue weighted by Gasteiger charge is 2.11. The van der Waals surface area contributed by atoms with Crippen LogP contribution in [0.15, 0.2) is 22.8 Å². The smallest absolute Gasteiger partial charge is 0.269 e. The first-order chi connectivity index (χ1) is 7.50. The van der Waals surface area contributed by atoms with Gasteiger partial charge >= 0.3 is 0 Å². The van der Waals surface area contributed by atoms with Gasteiger partial charge in [0.1, 0.15) is 10.3 Å². The van der Waals surface area contributed by atoms with Crippen molar-refractivity contribution in [2.24, 2.45) is 0 Å². The van der Waals surface area contributed by atoms with Gasteiger partial charge in [0.05, 0.1) is 0 Å². The number of carbonyl (C=O) groups excluding carboxylic acids is 1. The van der Waals surface area contributed by atoms with Crippen LogP contribution in [0.1, 0.15) is 17.4 Å². The van der Waals surface area contributed by atoms with Crippen LogP contribution in [-0.2, 0) is 10.8 Å². The Morgan fingerprint density at radius 2 is 2.31 bits per heavy atom. The molecule has 1 amide bonds. The van der Waals surface area contributed by atoms with Crippen LogP contribution in [0.5, 0.6) is 0 Å². The van der Waals surface area contributed by atoms with Crippen LogP contribution in [0, 0.1) is 0 Å². The molecular weight excluding hydrogens is 292 g/mol. The minimum atomic E-state index is -0.932. The van der Waals surface area contributed by atoms with Crippen molar-refractivity contribution >= 4 is 32.6 Å². The Morgan fingerprint density at radius 1 is 1.62 bits per heavy atom. The quantitative estimate of drug-likeness (QED) is 0.854. The summed E-state index contributed by atoms with van der Waals surface area (Å²) in [6.45, 7) is 2.21. The van der Waals surface area contributed by atoms with Gasteiger partial charge in [0, 0.05) is 28.9 Å². The summed E-state index contributed by atoms with van der Waals surface area (Å²) >= 11 is 3.19. The molecule has 1 N–H and O–H groups in total. The van der Waals surface area contributed by atoms with Crippen molar-refractivity contribution in [3.63, 3.8) is 0 Å². The van der Waals surface area contributed by atoms with E-state index in [4.69, 9.17) is 0 Å². The van der Waals surface area contributed by atoms with Crippen LogP contribution in [0.2, 0.25) is 0 Å². The standard InChI is InChI=1S/C10H13BrN2O2S/c1-7(16(2)15)6-12-10(14)8-4-3-5-9(11)13-8/h3-5,7H,6H2,1-2H3,(H,12,14). The highest BCUT2D eigenvalue weighted by atomic mass is 79.9. The number of halogens is 1. The first-order valence-electron chi connectivity index (χ1n) is 4.73. The number of aromatic nitrogens is 1. The van der Waals surface area contributed by atoms with Crippen molar-refractivity contribution in [3.8, 4) is 0 Å². The molecule has 16 heavy (non-hydrogen) atoms. The highest BCUT2D eigenvalue weighted by Crippen LogP contribution is 2.06. The van der Waals surface area contributed by atoms with Gasteiger partial charge in [-0.1, -0.05) is 6.07 Å². The summed E-state index contributed by atoms with van der Waals surface area (Å²) in [7, 11) is -0.932. The van der Waals surface area contributed by atoms with Gasteiger partial charge in [-0.25, -0.2) is 4.98 Å². The molecule has 4 nitrogen and oxygen atoms in total. The van der Waals surface area contributed by atoms with Crippen molar-refractivity contribution in [1.82, 2.24) is 10.3 Å². The van der Waals surface area contributed by atoms with Crippen LogP contribution < -0.4 is 5.32 Å². The van der Waals surface area contributed by atoms with E-state index in [1.165, 1.54) is 0 Å². The lowest BCUT2D eigenvalue weighted by Crippen LogP contribution is -2.33. The second-order valence-electron chi connectivity index (χ2n) is 3.36. The highest BCUT2D eigenvalue weighted by molar-refractivity contribution is 9.10. The Balaban J connectivity index is 2.56. The Hall–Kier alpha value is -0.750. The zero-order valence-corrected chi connectivity index (χ0v) is 11.5. The third kappa shape index (κ3) is 4.02. The number of rotatable bonds is 4. The van der Waals surface area contributed by atoms with Crippen molar-refractivity contribution in [3.05, 3.63) is 28.5 Å². The maximum atomic E-state index is 11.6. The fourth-order valence-corrected chi connectivity index (χ4v) is 1.64. The molecule has 2 atom stereocenters. The molecule has 0 aliphatic heterocycles. The normalized spacial score (nSPS) is 14.2. The monoisotopic (exact) mass is 304 g/mol. The second-order valence-corrected chi connectivity index (χ2v) is 5.98. The zero-order valence-electron chi connectivity index (χ0n) is 9.07. The summed E-state index contributed by atoms with van der Waals surface area (Å²) < 4.78 is 11.7. The van der Waals surface area contributed by atoms with Crippen molar-refractivity contribution in [2.45, 2.75) is 12.2 Å². The van der Waals surface area contributed by atoms with E-state index in [9.17, 15) is 9.00 Å². The Bertz CT molecular complexity index is 412. The van der Waals surface area contributed by atoms with Gasteiger partial charge < -0.3 is 5.32 Å². The summed E-state index contributed by atoms with van der Waals surface area (Å²) in [5.74, 6) is -0.251. The molecule has 0 spiro atoms. The van der Waals surface area contributed by atoms with E-state index >= 15 is 0 Å². The van der Waals surface area contributed by atoms with E-state index in [0.29, 0.717) is 16.8 Å². The molecule has 0 saturated heterocycles. The fraction of sp³-hybridized carbons (Fsp3) is 0.400. The van der Waals surface area contributed by atoms with Crippen LogP contribution in [0.4, 0.5) is 0 Å². The largest absolute Gasteiger partial charge is 0.350 e. The Morgan fingerprint density at radius 3 is 2.88 bits per heavy atom. The molecule has 0 fully saturated rings.